The first-order valence-electron chi connectivity index (χ1n) is 5.59. The molecule has 0 bridgehead atoms. The van der Waals surface area contributed by atoms with Crippen LogP contribution in [-0.2, 0) is 14.4 Å². The highest BCUT2D eigenvalue weighted by atomic mass is 19.4. The lowest BCUT2D eigenvalue weighted by Gasteiger charge is -2.15. The average Bonchev–Trinajstić information content (AvgIpc) is 2.35. The van der Waals surface area contributed by atoms with E-state index in [2.05, 4.69) is 4.74 Å². The van der Waals surface area contributed by atoms with Gasteiger partial charge in [0, 0.05) is 6.42 Å². The topological polar surface area (TPSA) is 60.4 Å². The Morgan fingerprint density at radius 1 is 1.15 bits per heavy atom. The number of ketones is 2. The average molecular weight is 288 g/mol. The van der Waals surface area contributed by atoms with Gasteiger partial charge in [0.25, 0.3) is 5.78 Å². The fourth-order valence-electron chi connectivity index (χ4n) is 1.44. The summed E-state index contributed by atoms with van der Waals surface area (Å²) in [5.41, 5.74) is 0. The Morgan fingerprint density at radius 3 is 2.15 bits per heavy atom. The number of Topliss-reactive ketones (excluding diaryl/α,β-unsaturated/α-hetero) is 2. The van der Waals surface area contributed by atoms with E-state index in [-0.39, 0.29) is 5.75 Å². The summed E-state index contributed by atoms with van der Waals surface area (Å²) in [5.74, 6) is -6.56. The van der Waals surface area contributed by atoms with Crippen molar-refractivity contribution < 1.29 is 32.3 Å². The number of rotatable bonds is 5. The Labute approximate surface area is 112 Å². The number of carbonyl (C=O) groups is 3. The molecule has 0 aliphatic carbocycles. The lowest BCUT2D eigenvalue weighted by atomic mass is 9.97. The second-order valence-corrected chi connectivity index (χ2v) is 4.05. The smallest absolute Gasteiger partial charge is 0.426 e. The van der Waals surface area contributed by atoms with Crippen molar-refractivity contribution in [1.82, 2.24) is 0 Å². The fraction of sp³-hybridized carbons (Fsp3) is 0.308. The van der Waals surface area contributed by atoms with Crippen molar-refractivity contribution in [2.75, 3.05) is 0 Å². The number of benzene rings is 1. The molecule has 0 radical (unpaired) electrons. The van der Waals surface area contributed by atoms with Gasteiger partial charge in [-0.3, -0.25) is 14.4 Å². The summed E-state index contributed by atoms with van der Waals surface area (Å²) in [7, 11) is 0. The van der Waals surface area contributed by atoms with Crippen LogP contribution in [0.5, 0.6) is 5.75 Å². The van der Waals surface area contributed by atoms with E-state index in [0.717, 1.165) is 6.92 Å². The Kier molecular flexibility index (Phi) is 5.01. The van der Waals surface area contributed by atoms with Gasteiger partial charge in [-0.25, -0.2) is 0 Å². The highest BCUT2D eigenvalue weighted by Gasteiger charge is 2.47. The van der Waals surface area contributed by atoms with Crippen LogP contribution in [0.2, 0.25) is 0 Å². The summed E-state index contributed by atoms with van der Waals surface area (Å²) in [6.45, 7) is 0.993. The molecule has 7 heteroatoms. The third-order valence-corrected chi connectivity index (χ3v) is 2.33. The van der Waals surface area contributed by atoms with Crippen molar-refractivity contribution in [3.05, 3.63) is 30.3 Å². The molecule has 1 aromatic rings. The molecule has 0 fully saturated rings. The molecule has 0 aliphatic rings. The van der Waals surface area contributed by atoms with E-state index in [1.807, 2.05) is 0 Å². The third-order valence-electron chi connectivity index (χ3n) is 2.33. The Morgan fingerprint density at radius 2 is 1.70 bits per heavy atom. The second kappa shape index (κ2) is 6.31. The van der Waals surface area contributed by atoms with Crippen LogP contribution in [0.25, 0.3) is 0 Å². The highest BCUT2D eigenvalue weighted by Crippen LogP contribution is 2.24. The van der Waals surface area contributed by atoms with Gasteiger partial charge in [0.05, 0.1) is 0 Å². The van der Waals surface area contributed by atoms with Crippen LogP contribution in [-0.4, -0.2) is 23.7 Å². The van der Waals surface area contributed by atoms with Crippen molar-refractivity contribution in [1.29, 1.82) is 0 Å². The number of ether oxygens (including phenoxy) is 1. The first-order chi connectivity index (χ1) is 9.21. The van der Waals surface area contributed by atoms with Gasteiger partial charge < -0.3 is 4.74 Å². The predicted molar refractivity (Wildman–Crippen MR) is 61.9 cm³/mol. The minimum atomic E-state index is -5.20. The van der Waals surface area contributed by atoms with E-state index in [0.29, 0.717) is 0 Å². The number of carbonyl (C=O) groups excluding carboxylic acids is 3. The zero-order valence-electron chi connectivity index (χ0n) is 10.4. The first kappa shape index (κ1) is 15.9. The molecule has 0 N–H and O–H groups in total. The summed E-state index contributed by atoms with van der Waals surface area (Å²) >= 11 is 0. The largest absolute Gasteiger partial charge is 0.450 e. The molecular weight excluding hydrogens is 277 g/mol. The zero-order valence-corrected chi connectivity index (χ0v) is 10.4. The quantitative estimate of drug-likeness (QED) is 0.474. The van der Waals surface area contributed by atoms with E-state index >= 15 is 0 Å². The Bertz CT molecular complexity index is 508. The molecule has 0 amide bonds. The lowest BCUT2D eigenvalue weighted by Crippen LogP contribution is -2.38. The summed E-state index contributed by atoms with van der Waals surface area (Å²) in [5, 5.41) is 0. The fourth-order valence-corrected chi connectivity index (χ4v) is 1.44. The summed E-state index contributed by atoms with van der Waals surface area (Å²) in [4.78, 5) is 33.7. The van der Waals surface area contributed by atoms with Gasteiger partial charge in [0.2, 0.25) is 0 Å². The van der Waals surface area contributed by atoms with Crippen molar-refractivity contribution in [3.63, 3.8) is 0 Å². The number of hydrogen-bond acceptors (Lipinski definition) is 4. The maximum atomic E-state index is 12.4. The lowest BCUT2D eigenvalue weighted by molar-refractivity contribution is -0.179. The van der Waals surface area contributed by atoms with Gasteiger partial charge >= 0.3 is 12.1 Å². The molecule has 0 spiro atoms. The van der Waals surface area contributed by atoms with Gasteiger partial charge in [0.15, 0.2) is 0 Å². The van der Waals surface area contributed by atoms with Crippen LogP contribution < -0.4 is 4.74 Å². The molecule has 1 atom stereocenters. The predicted octanol–water partition coefficient (Wildman–Crippen LogP) is 2.32. The molecule has 1 unspecified atom stereocenters. The van der Waals surface area contributed by atoms with Crippen LogP contribution in [0.4, 0.5) is 13.2 Å². The Hall–Kier alpha value is -2.18. The SMILES string of the molecule is CC(=O)CC(C(=O)Oc1ccccc1)C(=O)C(F)(F)F. The summed E-state index contributed by atoms with van der Waals surface area (Å²) in [6.07, 6.45) is -6.04. The zero-order chi connectivity index (χ0) is 15.3. The minimum Gasteiger partial charge on any atom is -0.426 e. The highest BCUT2D eigenvalue weighted by molar-refractivity contribution is 6.05. The second-order valence-electron chi connectivity index (χ2n) is 4.05. The van der Waals surface area contributed by atoms with Gasteiger partial charge in [-0.05, 0) is 19.1 Å². The maximum absolute atomic E-state index is 12.4. The van der Waals surface area contributed by atoms with E-state index < -0.39 is 36.1 Å². The molecule has 108 valence electrons. The first-order valence-corrected chi connectivity index (χ1v) is 5.59. The van der Waals surface area contributed by atoms with Gasteiger partial charge in [-0.2, -0.15) is 13.2 Å². The Balaban J connectivity index is 2.91. The molecule has 0 saturated carbocycles. The van der Waals surface area contributed by atoms with Crippen LogP contribution in [0, 0.1) is 5.92 Å². The number of alkyl halides is 3. The van der Waals surface area contributed by atoms with Crippen LogP contribution >= 0.6 is 0 Å². The normalized spacial score (nSPS) is 12.6. The van der Waals surface area contributed by atoms with Gasteiger partial charge in [0.1, 0.15) is 17.5 Å². The van der Waals surface area contributed by atoms with E-state index in [9.17, 15) is 27.6 Å². The van der Waals surface area contributed by atoms with E-state index in [1.165, 1.54) is 24.3 Å². The molecular formula is C13H11F3O4. The van der Waals surface area contributed by atoms with Crippen LogP contribution in [0.1, 0.15) is 13.3 Å². The third kappa shape index (κ3) is 4.49. The van der Waals surface area contributed by atoms with Crippen molar-refractivity contribution >= 4 is 17.5 Å². The maximum Gasteiger partial charge on any atom is 0.450 e. The number of halogens is 3. The van der Waals surface area contributed by atoms with Gasteiger partial charge in [-0.1, -0.05) is 18.2 Å². The number of para-hydroxylation sites is 1. The molecule has 20 heavy (non-hydrogen) atoms. The summed E-state index contributed by atoms with van der Waals surface area (Å²) < 4.78 is 41.8. The van der Waals surface area contributed by atoms with Crippen molar-refractivity contribution in [2.45, 2.75) is 19.5 Å². The molecule has 0 aliphatic heterocycles. The number of esters is 1. The molecule has 1 rings (SSSR count). The van der Waals surface area contributed by atoms with Crippen molar-refractivity contribution in [2.24, 2.45) is 5.92 Å². The molecule has 4 nitrogen and oxygen atoms in total. The standard InChI is InChI=1S/C13H11F3O4/c1-8(17)7-10(11(18)13(14,15)16)12(19)20-9-5-3-2-4-6-9/h2-6,10H,7H2,1H3. The van der Waals surface area contributed by atoms with Crippen LogP contribution in [0.3, 0.4) is 0 Å². The molecule has 1 aromatic carbocycles. The number of hydrogen-bond donors (Lipinski definition) is 0. The molecule has 0 aromatic heterocycles. The minimum absolute atomic E-state index is 0.000950. The monoisotopic (exact) mass is 288 g/mol. The van der Waals surface area contributed by atoms with E-state index in [1.54, 1.807) is 6.07 Å². The molecule has 0 saturated heterocycles. The summed E-state index contributed by atoms with van der Waals surface area (Å²) in [6, 6.07) is 7.33. The molecule has 0 heterocycles. The van der Waals surface area contributed by atoms with Crippen molar-refractivity contribution in [3.8, 4) is 5.75 Å². The van der Waals surface area contributed by atoms with Crippen LogP contribution in [0.15, 0.2) is 30.3 Å². The van der Waals surface area contributed by atoms with E-state index in [4.69, 9.17) is 0 Å². The van der Waals surface area contributed by atoms with Gasteiger partial charge in [-0.15, -0.1) is 0 Å².